The van der Waals surface area contributed by atoms with Crippen molar-refractivity contribution in [3.63, 3.8) is 0 Å². The van der Waals surface area contributed by atoms with Crippen LogP contribution in [0.1, 0.15) is 91.5 Å². The Morgan fingerprint density at radius 1 is 0.881 bits per heavy atom. The first-order valence-corrected chi connectivity index (χ1v) is 15.1. The number of ketones is 1. The van der Waals surface area contributed by atoms with E-state index in [9.17, 15) is 24.0 Å². The Bertz CT molecular complexity index is 1070. The number of rotatable bonds is 19. The third-order valence-electron chi connectivity index (χ3n) is 7.22. The van der Waals surface area contributed by atoms with Crippen molar-refractivity contribution in [2.75, 3.05) is 11.9 Å². The molecule has 1 saturated heterocycles. The van der Waals surface area contributed by atoms with Crippen molar-refractivity contribution in [3.8, 4) is 0 Å². The van der Waals surface area contributed by atoms with E-state index >= 15 is 0 Å². The first kappa shape index (κ1) is 34.7. The number of hydrogen-bond donors (Lipinski definition) is 5. The van der Waals surface area contributed by atoms with Crippen LogP contribution in [0.5, 0.6) is 0 Å². The Morgan fingerprint density at radius 3 is 2.02 bits per heavy atom. The maximum Gasteiger partial charge on any atom is 0.409 e. The number of benzene rings is 1. The Labute approximate surface area is 248 Å². The monoisotopic (exact) mass is 588 g/mol. The van der Waals surface area contributed by atoms with E-state index in [0.717, 1.165) is 19.3 Å². The smallest absolute Gasteiger partial charge is 0.409 e. The van der Waals surface area contributed by atoms with E-state index in [1.165, 1.54) is 0 Å². The van der Waals surface area contributed by atoms with Crippen molar-refractivity contribution in [2.45, 2.75) is 116 Å². The second-order valence-electron chi connectivity index (χ2n) is 11.7. The van der Waals surface area contributed by atoms with Crippen LogP contribution in [0.15, 0.2) is 24.3 Å². The molecule has 3 unspecified atom stereocenters. The van der Waals surface area contributed by atoms with Gasteiger partial charge in [0, 0.05) is 18.5 Å². The van der Waals surface area contributed by atoms with Gasteiger partial charge in [-0.05, 0) is 49.8 Å². The molecule has 1 aliphatic rings. The van der Waals surface area contributed by atoms with Crippen molar-refractivity contribution in [1.29, 1.82) is 0 Å². The number of amides is 4. The largest absolute Gasteiger partial charge is 0.465 e. The minimum atomic E-state index is -1.19. The zero-order chi connectivity index (χ0) is 31.3. The lowest BCUT2D eigenvalue weighted by Crippen LogP contribution is -2.57. The van der Waals surface area contributed by atoms with Gasteiger partial charge in [0.2, 0.25) is 17.7 Å². The molecule has 1 aliphatic heterocycles. The molecule has 0 radical (unpaired) electrons. The van der Waals surface area contributed by atoms with E-state index in [1.807, 2.05) is 27.7 Å². The third-order valence-corrected chi connectivity index (χ3v) is 7.22. The molecular formula is C31H48N4O7. The van der Waals surface area contributed by atoms with E-state index in [1.54, 1.807) is 31.2 Å². The molecule has 0 bridgehead atoms. The van der Waals surface area contributed by atoms with Crippen LogP contribution >= 0.6 is 0 Å². The van der Waals surface area contributed by atoms with Crippen molar-refractivity contribution in [2.24, 2.45) is 5.92 Å². The van der Waals surface area contributed by atoms with Gasteiger partial charge in [-0.15, -0.1) is 0 Å². The van der Waals surface area contributed by atoms with Crippen LogP contribution < -0.4 is 21.3 Å². The normalized spacial score (nSPS) is 18.0. The number of anilines is 1. The highest BCUT2D eigenvalue weighted by Crippen LogP contribution is 2.29. The average Bonchev–Trinajstić information content (AvgIpc) is 3.68. The Morgan fingerprint density at radius 2 is 1.48 bits per heavy atom. The van der Waals surface area contributed by atoms with Gasteiger partial charge in [-0.25, -0.2) is 4.79 Å². The molecule has 5 N–H and O–H groups in total. The van der Waals surface area contributed by atoms with Crippen LogP contribution in [-0.4, -0.2) is 65.0 Å². The molecule has 1 fully saturated rings. The van der Waals surface area contributed by atoms with E-state index < -0.39 is 41.6 Å². The Balaban J connectivity index is 2.21. The van der Waals surface area contributed by atoms with E-state index in [-0.39, 0.29) is 30.4 Å². The number of carbonyl (C=O) groups excluding carboxylic acids is 4. The maximum absolute atomic E-state index is 13.6. The first-order valence-electron chi connectivity index (χ1n) is 15.1. The quantitative estimate of drug-likeness (QED) is 0.121. The number of carbonyl (C=O) groups is 5. The van der Waals surface area contributed by atoms with Gasteiger partial charge in [0.1, 0.15) is 17.7 Å². The van der Waals surface area contributed by atoms with Crippen LogP contribution in [0.2, 0.25) is 0 Å². The summed E-state index contributed by atoms with van der Waals surface area (Å²) in [7, 11) is 0. The third kappa shape index (κ3) is 11.8. The summed E-state index contributed by atoms with van der Waals surface area (Å²) in [6.07, 6.45) is 4.06. The Kier molecular flexibility index (Phi) is 13.9. The van der Waals surface area contributed by atoms with Gasteiger partial charge >= 0.3 is 6.09 Å². The summed E-state index contributed by atoms with van der Waals surface area (Å²) in [5, 5.41) is 19.7. The summed E-state index contributed by atoms with van der Waals surface area (Å²) in [5.74, 6) is -1.25. The molecule has 0 spiro atoms. The van der Waals surface area contributed by atoms with Crippen LogP contribution in [0, 0.1) is 5.92 Å². The number of unbranched alkanes of at least 4 members (excludes halogenated alkanes) is 3. The molecule has 0 saturated carbocycles. The number of epoxide rings is 1. The molecule has 0 aliphatic carbocycles. The lowest BCUT2D eigenvalue weighted by atomic mass is 9.93. The molecule has 234 valence electrons. The molecule has 42 heavy (non-hydrogen) atoms. The van der Waals surface area contributed by atoms with Crippen molar-refractivity contribution >= 4 is 35.3 Å². The summed E-state index contributed by atoms with van der Waals surface area (Å²) in [6, 6.07) is 3.93. The number of carboxylic acid groups (broad SMARTS) is 1. The first-order chi connectivity index (χ1) is 19.9. The Hall–Kier alpha value is -3.47. The minimum Gasteiger partial charge on any atom is -0.465 e. The molecule has 1 aromatic carbocycles. The van der Waals surface area contributed by atoms with Gasteiger partial charge in [0.25, 0.3) is 0 Å². The van der Waals surface area contributed by atoms with E-state index in [2.05, 4.69) is 21.3 Å². The van der Waals surface area contributed by atoms with Crippen molar-refractivity contribution in [3.05, 3.63) is 29.8 Å². The zero-order valence-corrected chi connectivity index (χ0v) is 25.6. The molecule has 2 rings (SSSR count). The standard InChI is InChI=1S/C31H48N4O7/c1-6-8-10-12-26(36)33-25(18-21-13-15-22(16-14-21)32-30(40)41)29(39)34-23(11-9-7-2)28(38)35-24(17-20(3)4)27(37)31(5)19-42-31/h13-16,20,23-25,32H,6-12,17-19H2,1-5H3,(H,33,36)(H,34,39)(H,35,38)(H,40,41)/t23?,24?,25?,31-/m1/s1. The lowest BCUT2D eigenvalue weighted by molar-refractivity contribution is -0.134. The second-order valence-corrected chi connectivity index (χ2v) is 11.7. The van der Waals surface area contributed by atoms with Crippen LogP contribution in [0.4, 0.5) is 10.5 Å². The fraction of sp³-hybridized carbons (Fsp3) is 0.645. The summed E-state index contributed by atoms with van der Waals surface area (Å²) in [5.41, 5.74) is 0.190. The molecule has 1 aromatic rings. The van der Waals surface area contributed by atoms with Crippen LogP contribution in [0.25, 0.3) is 0 Å². The van der Waals surface area contributed by atoms with E-state index in [4.69, 9.17) is 9.84 Å². The number of ether oxygens (including phenoxy) is 1. The molecule has 0 aromatic heterocycles. The molecular weight excluding hydrogens is 540 g/mol. The number of Topliss-reactive ketones (excluding diaryl/α,β-unsaturated/α-hetero) is 1. The summed E-state index contributed by atoms with van der Waals surface area (Å²) < 4.78 is 5.33. The minimum absolute atomic E-state index is 0.144. The SMILES string of the molecule is CCCCCC(=O)NC(Cc1ccc(NC(=O)O)cc1)C(=O)NC(CCCC)C(=O)NC(CC(C)C)C(=O)[C@@]1(C)CO1. The fourth-order valence-electron chi connectivity index (χ4n) is 4.64. The molecule has 1 heterocycles. The summed E-state index contributed by atoms with van der Waals surface area (Å²) >= 11 is 0. The van der Waals surface area contributed by atoms with E-state index in [0.29, 0.717) is 43.5 Å². The highest BCUT2D eigenvalue weighted by Gasteiger charge is 2.50. The topological polar surface area (TPSA) is 166 Å². The highest BCUT2D eigenvalue weighted by atomic mass is 16.6. The van der Waals surface area contributed by atoms with Gasteiger partial charge in [-0.1, -0.05) is 65.5 Å². The molecule has 11 nitrogen and oxygen atoms in total. The molecule has 4 atom stereocenters. The average molecular weight is 589 g/mol. The molecule has 11 heteroatoms. The number of hydrogen-bond acceptors (Lipinski definition) is 6. The zero-order valence-electron chi connectivity index (χ0n) is 25.6. The van der Waals surface area contributed by atoms with Gasteiger partial charge in [-0.3, -0.25) is 24.5 Å². The highest BCUT2D eigenvalue weighted by molar-refractivity contribution is 5.98. The second kappa shape index (κ2) is 16.8. The van der Waals surface area contributed by atoms with Gasteiger partial charge < -0.3 is 25.8 Å². The van der Waals surface area contributed by atoms with Gasteiger partial charge in [-0.2, -0.15) is 0 Å². The maximum atomic E-state index is 13.6. The lowest BCUT2D eigenvalue weighted by Gasteiger charge is -2.26. The molecule has 4 amide bonds. The fourth-order valence-corrected chi connectivity index (χ4v) is 4.64. The van der Waals surface area contributed by atoms with Gasteiger partial charge in [0.15, 0.2) is 5.78 Å². The van der Waals surface area contributed by atoms with Crippen molar-refractivity contribution < 1.29 is 33.8 Å². The van der Waals surface area contributed by atoms with Gasteiger partial charge in [0.05, 0.1) is 12.6 Å². The summed E-state index contributed by atoms with van der Waals surface area (Å²) in [4.78, 5) is 63.8. The van der Waals surface area contributed by atoms with Crippen molar-refractivity contribution in [1.82, 2.24) is 16.0 Å². The summed E-state index contributed by atoms with van der Waals surface area (Å²) in [6.45, 7) is 9.99. The van der Waals surface area contributed by atoms with Crippen LogP contribution in [0.3, 0.4) is 0 Å². The predicted molar refractivity (Wildman–Crippen MR) is 160 cm³/mol. The van der Waals surface area contributed by atoms with Crippen LogP contribution in [-0.2, 0) is 30.3 Å². The number of nitrogens with one attached hydrogen (secondary N) is 4. The predicted octanol–water partition coefficient (Wildman–Crippen LogP) is 3.95.